The van der Waals surface area contributed by atoms with E-state index >= 15 is 0 Å². The molecule has 1 fully saturated rings. The number of phosphoric acid groups is 3. The third kappa shape index (κ3) is 14.2. The van der Waals surface area contributed by atoms with Gasteiger partial charge in [0.2, 0.25) is 16.9 Å². The van der Waals surface area contributed by atoms with E-state index in [9.17, 15) is 57.9 Å². The number of aliphatic hydroxyl groups excluding tert-OH is 4. The Labute approximate surface area is 314 Å². The molecular formula is C25H40N7O19P3S. The van der Waals surface area contributed by atoms with Crippen molar-refractivity contribution in [2.75, 3.05) is 44.4 Å². The number of nitrogens with two attached hydrogens (primary N) is 1. The molecule has 2 unspecified atom stereocenters. The summed E-state index contributed by atoms with van der Waals surface area (Å²) in [5.74, 6) is -1.98. The monoisotopic (exact) mass is 867 g/mol. The number of imidazole rings is 1. The van der Waals surface area contributed by atoms with Crippen LogP contribution in [0.1, 0.15) is 26.5 Å². The topological polar surface area (TPSA) is 404 Å². The van der Waals surface area contributed by atoms with Gasteiger partial charge in [0, 0.05) is 36.8 Å². The van der Waals surface area contributed by atoms with Gasteiger partial charge in [0.15, 0.2) is 17.7 Å². The Bertz CT molecular complexity index is 1860. The number of aliphatic hydroxyl groups is 4. The lowest BCUT2D eigenvalue weighted by Gasteiger charge is -2.30. The minimum Gasteiger partial charge on any atom is -0.510 e. The molecule has 3 heterocycles. The summed E-state index contributed by atoms with van der Waals surface area (Å²) in [5.41, 5.74) is 4.20. The fourth-order valence-electron chi connectivity index (χ4n) is 4.51. The van der Waals surface area contributed by atoms with Crippen LogP contribution in [0.4, 0.5) is 5.82 Å². The molecule has 0 bridgehead atoms. The van der Waals surface area contributed by atoms with Crippen LogP contribution in [0.2, 0.25) is 0 Å². The van der Waals surface area contributed by atoms with E-state index in [0.29, 0.717) is 0 Å². The predicted octanol–water partition coefficient (Wildman–Crippen LogP) is -1.90. The highest BCUT2D eigenvalue weighted by atomic mass is 32.2. The van der Waals surface area contributed by atoms with Crippen LogP contribution >= 0.6 is 35.2 Å². The molecule has 1 aliphatic heterocycles. The quantitative estimate of drug-likeness (QED) is 0.0282. The molecule has 12 N–H and O–H groups in total. The average molecular weight is 868 g/mol. The number of aromatic nitrogens is 4. The Morgan fingerprint density at radius 2 is 1.76 bits per heavy atom. The zero-order chi connectivity index (χ0) is 41.4. The lowest BCUT2D eigenvalue weighted by atomic mass is 9.87. The molecule has 2 amide bonds. The smallest absolute Gasteiger partial charge is 0.481 e. The van der Waals surface area contributed by atoms with Crippen molar-refractivity contribution >= 4 is 69.1 Å². The molecule has 0 saturated carbocycles. The average Bonchev–Trinajstić information content (AvgIpc) is 3.64. The summed E-state index contributed by atoms with van der Waals surface area (Å²) in [6, 6.07) is 0. The lowest BCUT2D eigenvalue weighted by Crippen LogP contribution is -2.46. The number of rotatable bonds is 21. The number of hydrogen-bond donors (Lipinski definition) is 11. The molecule has 7 atom stereocenters. The number of nitrogen functional groups attached to an aromatic ring is 1. The van der Waals surface area contributed by atoms with Crippen molar-refractivity contribution in [2.45, 2.75) is 50.9 Å². The summed E-state index contributed by atoms with van der Waals surface area (Å²) in [6.45, 7) is -0.525. The van der Waals surface area contributed by atoms with E-state index in [0.717, 1.165) is 35.1 Å². The predicted molar refractivity (Wildman–Crippen MR) is 185 cm³/mol. The SMILES string of the molecule is CC(C)(COP(=O)(O)OP(=O)(O)OC[C@H]1O[C@@H](n2cnc3c(N)ncnc32)[C@H](O)[C@@H]1OP(=O)(O)O)[C@@H](O)C(=O)NCCC(=O)NCCSC(=O)/C=C(\O)CO. The van der Waals surface area contributed by atoms with Gasteiger partial charge in [0.05, 0.1) is 19.5 Å². The van der Waals surface area contributed by atoms with Gasteiger partial charge in [-0.1, -0.05) is 25.6 Å². The van der Waals surface area contributed by atoms with Crippen molar-refractivity contribution in [1.82, 2.24) is 30.2 Å². The maximum Gasteiger partial charge on any atom is 0.481 e. The highest BCUT2D eigenvalue weighted by molar-refractivity contribution is 8.14. The molecule has 30 heteroatoms. The largest absolute Gasteiger partial charge is 0.510 e. The molecule has 0 spiro atoms. The molecule has 1 saturated heterocycles. The highest BCUT2D eigenvalue weighted by Crippen LogP contribution is 2.61. The molecule has 2 aromatic rings. The Morgan fingerprint density at radius 1 is 1.09 bits per heavy atom. The van der Waals surface area contributed by atoms with Crippen LogP contribution in [0, 0.1) is 5.41 Å². The summed E-state index contributed by atoms with van der Waals surface area (Å²) < 4.78 is 61.9. The molecule has 0 aliphatic carbocycles. The zero-order valence-corrected chi connectivity index (χ0v) is 32.3. The number of phosphoric ester groups is 3. The molecule has 0 radical (unpaired) electrons. The Hall–Kier alpha value is -2.94. The molecule has 0 aromatic carbocycles. The van der Waals surface area contributed by atoms with Crippen LogP contribution < -0.4 is 16.4 Å². The van der Waals surface area contributed by atoms with E-state index in [1.807, 2.05) is 0 Å². The van der Waals surface area contributed by atoms with E-state index < -0.39 is 102 Å². The Kier molecular flexibility index (Phi) is 16.4. The summed E-state index contributed by atoms with van der Waals surface area (Å²) in [4.78, 5) is 86.8. The van der Waals surface area contributed by atoms with Gasteiger partial charge in [-0.25, -0.2) is 28.6 Å². The van der Waals surface area contributed by atoms with Crippen LogP contribution in [0.5, 0.6) is 0 Å². The number of fused-ring (bicyclic) bond motifs is 1. The molecule has 3 rings (SSSR count). The second-order valence-corrected chi connectivity index (χ2v) is 17.4. The van der Waals surface area contributed by atoms with Gasteiger partial charge in [-0.05, 0) is 0 Å². The molecule has 55 heavy (non-hydrogen) atoms. The van der Waals surface area contributed by atoms with Crippen LogP contribution in [-0.2, 0) is 50.7 Å². The third-order valence-corrected chi connectivity index (χ3v) is 11.1. The first-order valence-corrected chi connectivity index (χ1v) is 21.0. The summed E-state index contributed by atoms with van der Waals surface area (Å²) in [7, 11) is -16.4. The van der Waals surface area contributed by atoms with E-state index in [1.165, 1.54) is 13.8 Å². The fraction of sp³-hybridized carbons (Fsp3) is 0.600. The second kappa shape index (κ2) is 19.5. The van der Waals surface area contributed by atoms with Crippen molar-refractivity contribution in [3.63, 3.8) is 0 Å². The lowest BCUT2D eigenvalue weighted by molar-refractivity contribution is -0.137. The fourth-order valence-corrected chi connectivity index (χ4v) is 7.96. The minimum absolute atomic E-state index is 0.0197. The summed E-state index contributed by atoms with van der Waals surface area (Å²) in [5, 5.41) is 43.4. The second-order valence-electron chi connectivity index (χ2n) is 12.0. The Morgan fingerprint density at radius 3 is 2.42 bits per heavy atom. The van der Waals surface area contributed by atoms with Gasteiger partial charge in [-0.3, -0.25) is 32.5 Å². The van der Waals surface area contributed by atoms with Gasteiger partial charge in [-0.2, -0.15) is 4.31 Å². The van der Waals surface area contributed by atoms with Gasteiger partial charge in [-0.15, -0.1) is 0 Å². The van der Waals surface area contributed by atoms with E-state index in [4.69, 9.17) is 29.7 Å². The van der Waals surface area contributed by atoms with Gasteiger partial charge in [0.1, 0.15) is 48.6 Å². The third-order valence-electron chi connectivity index (χ3n) is 7.19. The zero-order valence-electron chi connectivity index (χ0n) is 28.8. The number of anilines is 1. The number of carbonyl (C=O) groups is 3. The summed E-state index contributed by atoms with van der Waals surface area (Å²) >= 11 is 0.766. The van der Waals surface area contributed by atoms with Gasteiger partial charge < -0.3 is 61.1 Å². The first kappa shape index (κ1) is 46.4. The number of ether oxygens (including phenoxy) is 1. The minimum atomic E-state index is -5.59. The standard InChI is InChI=1S/C25H40N7O19P3S/c1-25(2,20(38)23(39)28-4-3-15(35)27-5-6-55-16(36)7-13(34)8-33)10-48-54(45,46)51-53(43,44)47-9-14-19(50-52(40,41)42)18(37)24(49-14)32-12-31-17-21(26)29-11-30-22(17)32/h7,11-12,14,18-20,24,33-34,37-38H,3-6,8-10H2,1-2H3,(H,27,35)(H,28,39)(H,43,44)(H,45,46)(H2,26,29,30)(H2,40,41,42)/b13-7-/t14-,18-,19-,20+,24-/m1/s1. The number of hydrogen-bond acceptors (Lipinski definition) is 20. The maximum absolute atomic E-state index is 12.6. The van der Waals surface area contributed by atoms with E-state index in [1.54, 1.807) is 0 Å². The van der Waals surface area contributed by atoms with Crippen LogP contribution in [-0.4, -0.2) is 140 Å². The van der Waals surface area contributed by atoms with E-state index in [-0.39, 0.29) is 42.2 Å². The molecule has 2 aromatic heterocycles. The highest BCUT2D eigenvalue weighted by Gasteiger charge is 2.50. The van der Waals surface area contributed by atoms with Crippen molar-refractivity contribution in [2.24, 2.45) is 5.41 Å². The molecular weight excluding hydrogens is 827 g/mol. The van der Waals surface area contributed by atoms with Crippen molar-refractivity contribution in [3.05, 3.63) is 24.5 Å². The number of carbonyl (C=O) groups excluding carboxylic acids is 3. The number of nitrogens with zero attached hydrogens (tertiary/aromatic N) is 4. The number of thioether (sulfide) groups is 1. The first-order valence-electron chi connectivity index (χ1n) is 15.5. The van der Waals surface area contributed by atoms with Crippen molar-refractivity contribution < 1.29 is 90.7 Å². The summed E-state index contributed by atoms with van der Waals surface area (Å²) in [6.07, 6.45) is -6.27. The van der Waals surface area contributed by atoms with Crippen LogP contribution in [0.3, 0.4) is 0 Å². The number of nitrogens with one attached hydrogen (secondary N) is 2. The molecule has 310 valence electrons. The van der Waals surface area contributed by atoms with E-state index in [2.05, 4.69) is 34.4 Å². The number of amides is 2. The maximum atomic E-state index is 12.6. The normalized spacial score (nSPS) is 22.2. The van der Waals surface area contributed by atoms with Crippen molar-refractivity contribution in [1.29, 1.82) is 0 Å². The molecule has 26 nitrogen and oxygen atoms in total. The first-order chi connectivity index (χ1) is 25.4. The van der Waals surface area contributed by atoms with Crippen LogP contribution in [0.15, 0.2) is 24.5 Å². The molecule has 1 aliphatic rings. The van der Waals surface area contributed by atoms with Gasteiger partial charge in [0.25, 0.3) is 0 Å². The van der Waals surface area contributed by atoms with Gasteiger partial charge >= 0.3 is 23.5 Å². The van der Waals surface area contributed by atoms with Crippen LogP contribution in [0.25, 0.3) is 11.2 Å². The Balaban J connectivity index is 1.50. The van der Waals surface area contributed by atoms with Crippen molar-refractivity contribution in [3.8, 4) is 0 Å².